The average Bonchev–Trinajstić information content (AvgIpc) is 3.17. The molecule has 1 aliphatic rings. The van der Waals surface area contributed by atoms with Gasteiger partial charge in [-0.25, -0.2) is 9.48 Å². The highest BCUT2D eigenvalue weighted by atomic mass is 16.4. The number of rotatable bonds is 4. The Labute approximate surface area is 128 Å². The van der Waals surface area contributed by atoms with Crippen LogP contribution in [0.25, 0.3) is 5.69 Å². The third kappa shape index (κ3) is 2.86. The van der Waals surface area contributed by atoms with E-state index in [0.717, 1.165) is 17.7 Å². The Kier molecular flexibility index (Phi) is 3.91. The number of carboxylic acids is 1. The normalized spacial score (nSPS) is 17.6. The largest absolute Gasteiger partial charge is 0.480 e. The van der Waals surface area contributed by atoms with Crippen LogP contribution in [-0.4, -0.2) is 44.3 Å². The summed E-state index contributed by atoms with van der Waals surface area (Å²) in [6.45, 7) is 0.516. The molecule has 2 heterocycles. The Morgan fingerprint density at radius 3 is 2.77 bits per heavy atom. The number of amides is 1. The molecule has 0 aliphatic carbocycles. The second kappa shape index (κ2) is 6.01. The van der Waals surface area contributed by atoms with Crippen molar-refractivity contribution >= 4 is 11.9 Å². The lowest BCUT2D eigenvalue weighted by Gasteiger charge is -2.20. The minimum atomic E-state index is -0.925. The van der Waals surface area contributed by atoms with Crippen LogP contribution in [0.1, 0.15) is 18.4 Å². The summed E-state index contributed by atoms with van der Waals surface area (Å²) in [5.74, 6) is -1.08. The van der Waals surface area contributed by atoms with E-state index < -0.39 is 12.0 Å². The number of aromatic nitrogens is 2. The fourth-order valence-electron chi connectivity index (χ4n) is 2.77. The zero-order chi connectivity index (χ0) is 15.5. The van der Waals surface area contributed by atoms with Gasteiger partial charge in [0.25, 0.3) is 0 Å². The SMILES string of the molecule is O=C(O)[C@@H]1CCCN1C(=O)Cc1cnn(-c2ccccc2)c1. The summed E-state index contributed by atoms with van der Waals surface area (Å²) >= 11 is 0. The minimum Gasteiger partial charge on any atom is -0.480 e. The van der Waals surface area contributed by atoms with Gasteiger partial charge < -0.3 is 10.0 Å². The van der Waals surface area contributed by atoms with Crippen LogP contribution in [0.3, 0.4) is 0 Å². The van der Waals surface area contributed by atoms with E-state index in [1.54, 1.807) is 17.1 Å². The number of carbonyl (C=O) groups is 2. The van der Waals surface area contributed by atoms with Crippen LogP contribution in [0.4, 0.5) is 0 Å². The summed E-state index contributed by atoms with van der Waals surface area (Å²) in [7, 11) is 0. The molecule has 1 fully saturated rings. The maximum Gasteiger partial charge on any atom is 0.326 e. The molecule has 1 aliphatic heterocycles. The highest BCUT2D eigenvalue weighted by Gasteiger charge is 2.33. The molecule has 114 valence electrons. The molecule has 1 aromatic heterocycles. The molecule has 1 amide bonds. The fourth-order valence-corrected chi connectivity index (χ4v) is 2.77. The van der Waals surface area contributed by atoms with E-state index in [9.17, 15) is 9.59 Å². The summed E-state index contributed by atoms with van der Waals surface area (Å²) in [6, 6.07) is 8.94. The molecule has 22 heavy (non-hydrogen) atoms. The Bertz CT molecular complexity index is 681. The number of hydrogen-bond acceptors (Lipinski definition) is 3. The highest BCUT2D eigenvalue weighted by molar-refractivity contribution is 5.85. The second-order valence-electron chi connectivity index (χ2n) is 5.39. The summed E-state index contributed by atoms with van der Waals surface area (Å²) in [5, 5.41) is 13.4. The maximum absolute atomic E-state index is 12.3. The minimum absolute atomic E-state index is 0.155. The van der Waals surface area contributed by atoms with Crippen molar-refractivity contribution in [1.82, 2.24) is 14.7 Å². The summed E-state index contributed by atoms with van der Waals surface area (Å²) in [5.41, 5.74) is 1.70. The quantitative estimate of drug-likeness (QED) is 0.928. The van der Waals surface area contributed by atoms with Crippen molar-refractivity contribution in [3.8, 4) is 5.69 Å². The molecule has 3 rings (SSSR count). The molecule has 0 spiro atoms. The Morgan fingerprint density at radius 1 is 1.27 bits per heavy atom. The molecule has 1 atom stereocenters. The van der Waals surface area contributed by atoms with Crippen molar-refractivity contribution in [2.24, 2.45) is 0 Å². The number of nitrogens with zero attached hydrogens (tertiary/aromatic N) is 3. The van der Waals surface area contributed by atoms with Crippen LogP contribution < -0.4 is 0 Å². The van der Waals surface area contributed by atoms with Gasteiger partial charge in [0.15, 0.2) is 0 Å². The van der Waals surface area contributed by atoms with E-state index in [4.69, 9.17) is 5.11 Å². The Hall–Kier alpha value is -2.63. The Morgan fingerprint density at radius 2 is 2.05 bits per heavy atom. The number of hydrogen-bond donors (Lipinski definition) is 1. The van der Waals surface area contributed by atoms with Gasteiger partial charge in [0, 0.05) is 12.7 Å². The number of aliphatic carboxylic acids is 1. The van der Waals surface area contributed by atoms with Gasteiger partial charge in [-0.05, 0) is 30.5 Å². The molecule has 0 saturated carbocycles. The summed E-state index contributed by atoms with van der Waals surface area (Å²) in [4.78, 5) is 24.9. The van der Waals surface area contributed by atoms with Crippen LogP contribution in [-0.2, 0) is 16.0 Å². The third-order valence-corrected chi connectivity index (χ3v) is 3.87. The fraction of sp³-hybridized carbons (Fsp3) is 0.312. The van der Waals surface area contributed by atoms with E-state index in [-0.39, 0.29) is 12.3 Å². The number of benzene rings is 1. The first-order valence-electron chi connectivity index (χ1n) is 7.26. The van der Waals surface area contributed by atoms with Crippen LogP contribution >= 0.6 is 0 Å². The smallest absolute Gasteiger partial charge is 0.326 e. The average molecular weight is 299 g/mol. The van der Waals surface area contributed by atoms with Gasteiger partial charge in [0.05, 0.1) is 18.3 Å². The zero-order valence-corrected chi connectivity index (χ0v) is 12.1. The van der Waals surface area contributed by atoms with E-state index in [0.29, 0.717) is 13.0 Å². The van der Waals surface area contributed by atoms with Gasteiger partial charge in [0.1, 0.15) is 6.04 Å². The first-order chi connectivity index (χ1) is 10.6. The van der Waals surface area contributed by atoms with Crippen LogP contribution in [0.2, 0.25) is 0 Å². The predicted molar refractivity (Wildman–Crippen MR) is 79.6 cm³/mol. The maximum atomic E-state index is 12.3. The monoisotopic (exact) mass is 299 g/mol. The summed E-state index contributed by atoms with van der Waals surface area (Å²) in [6.07, 6.45) is 4.91. The van der Waals surface area contributed by atoms with Crippen molar-refractivity contribution < 1.29 is 14.7 Å². The lowest BCUT2D eigenvalue weighted by atomic mass is 10.2. The molecular weight excluding hydrogens is 282 g/mol. The van der Waals surface area contributed by atoms with Crippen molar-refractivity contribution in [3.05, 3.63) is 48.3 Å². The predicted octanol–water partition coefficient (Wildman–Crippen LogP) is 1.49. The van der Waals surface area contributed by atoms with Gasteiger partial charge in [-0.15, -0.1) is 0 Å². The van der Waals surface area contributed by atoms with E-state index >= 15 is 0 Å². The van der Waals surface area contributed by atoms with E-state index in [1.807, 2.05) is 30.3 Å². The van der Waals surface area contributed by atoms with Crippen molar-refractivity contribution in [3.63, 3.8) is 0 Å². The lowest BCUT2D eigenvalue weighted by molar-refractivity contribution is -0.148. The topological polar surface area (TPSA) is 75.4 Å². The standard InChI is InChI=1S/C16H17N3O3/c20-15(18-8-4-7-14(18)16(21)22)9-12-10-17-19(11-12)13-5-2-1-3-6-13/h1-3,5-6,10-11,14H,4,7-9H2,(H,21,22)/t14-/m0/s1. The molecule has 6 heteroatoms. The number of carbonyl (C=O) groups excluding carboxylic acids is 1. The van der Waals surface area contributed by atoms with Crippen LogP contribution in [0.15, 0.2) is 42.7 Å². The van der Waals surface area contributed by atoms with Crippen molar-refractivity contribution in [2.75, 3.05) is 6.54 Å². The van der Waals surface area contributed by atoms with Crippen LogP contribution in [0.5, 0.6) is 0 Å². The number of likely N-dealkylation sites (tertiary alicyclic amines) is 1. The van der Waals surface area contributed by atoms with Gasteiger partial charge in [-0.2, -0.15) is 5.10 Å². The molecule has 0 radical (unpaired) electrons. The lowest BCUT2D eigenvalue weighted by Crippen LogP contribution is -2.41. The molecule has 6 nitrogen and oxygen atoms in total. The van der Waals surface area contributed by atoms with E-state index in [2.05, 4.69) is 5.10 Å². The molecule has 1 N–H and O–H groups in total. The zero-order valence-electron chi connectivity index (χ0n) is 12.1. The van der Waals surface area contributed by atoms with Gasteiger partial charge in [0.2, 0.25) is 5.91 Å². The Balaban J connectivity index is 1.70. The number of para-hydroxylation sites is 1. The van der Waals surface area contributed by atoms with Gasteiger partial charge in [-0.1, -0.05) is 18.2 Å². The number of carboxylic acid groups (broad SMARTS) is 1. The van der Waals surface area contributed by atoms with Crippen LogP contribution in [0, 0.1) is 0 Å². The molecule has 2 aromatic rings. The summed E-state index contributed by atoms with van der Waals surface area (Å²) < 4.78 is 1.71. The van der Waals surface area contributed by atoms with Gasteiger partial charge >= 0.3 is 5.97 Å². The van der Waals surface area contributed by atoms with Crippen molar-refractivity contribution in [2.45, 2.75) is 25.3 Å². The van der Waals surface area contributed by atoms with E-state index in [1.165, 1.54) is 4.90 Å². The molecular formula is C16H17N3O3. The first kappa shape index (κ1) is 14.3. The molecule has 0 bridgehead atoms. The molecule has 1 saturated heterocycles. The molecule has 1 aromatic carbocycles. The third-order valence-electron chi connectivity index (χ3n) is 3.87. The molecule has 0 unspecified atom stereocenters. The second-order valence-corrected chi connectivity index (χ2v) is 5.39. The first-order valence-corrected chi connectivity index (χ1v) is 7.26. The van der Waals surface area contributed by atoms with Crippen molar-refractivity contribution in [1.29, 1.82) is 0 Å². The van der Waals surface area contributed by atoms with Gasteiger partial charge in [-0.3, -0.25) is 4.79 Å². The highest BCUT2D eigenvalue weighted by Crippen LogP contribution is 2.19.